The zero-order chi connectivity index (χ0) is 20.5. The van der Waals surface area contributed by atoms with Crippen LogP contribution in [-0.2, 0) is 0 Å². The first kappa shape index (κ1) is 18.2. The van der Waals surface area contributed by atoms with Crippen molar-refractivity contribution in [2.75, 3.05) is 5.32 Å². The summed E-state index contributed by atoms with van der Waals surface area (Å²) in [6.45, 7) is 0. The lowest BCUT2D eigenvalue weighted by molar-refractivity contribution is 0.103. The van der Waals surface area contributed by atoms with Gasteiger partial charge in [-0.25, -0.2) is 18.6 Å². The molecule has 4 rings (SSSR count). The van der Waals surface area contributed by atoms with Gasteiger partial charge in [-0.2, -0.15) is 0 Å². The predicted molar refractivity (Wildman–Crippen MR) is 101 cm³/mol. The molecule has 0 fully saturated rings. The summed E-state index contributed by atoms with van der Waals surface area (Å²) in [5.74, 6) is -3.33. The van der Waals surface area contributed by atoms with Crippen molar-refractivity contribution in [2.24, 2.45) is 0 Å². The van der Waals surface area contributed by atoms with Crippen molar-refractivity contribution in [3.63, 3.8) is 0 Å². The third-order valence-corrected chi connectivity index (χ3v) is 4.33. The smallest absolute Gasteiger partial charge is 0.409 e. The number of carboxylic acid groups (broad SMARTS) is 1. The van der Waals surface area contributed by atoms with E-state index in [4.69, 9.17) is 5.11 Å². The lowest BCUT2D eigenvalue weighted by Crippen LogP contribution is -2.13. The highest BCUT2D eigenvalue weighted by Gasteiger charge is 2.25. The molecule has 4 aromatic rings. The number of aromatic amines is 1. The monoisotopic (exact) mass is 394 g/mol. The van der Waals surface area contributed by atoms with Crippen molar-refractivity contribution >= 4 is 28.6 Å². The molecular formula is C20H12F2N4O3. The molecule has 0 aliphatic heterocycles. The van der Waals surface area contributed by atoms with E-state index in [9.17, 15) is 18.4 Å². The Morgan fingerprint density at radius 3 is 2.66 bits per heavy atom. The van der Waals surface area contributed by atoms with Gasteiger partial charge in [0.25, 0.3) is 0 Å². The molecule has 0 aliphatic carbocycles. The molecule has 9 heteroatoms. The van der Waals surface area contributed by atoms with Crippen LogP contribution in [0.1, 0.15) is 15.9 Å². The fourth-order valence-corrected chi connectivity index (χ4v) is 2.99. The quantitative estimate of drug-likeness (QED) is 0.449. The van der Waals surface area contributed by atoms with Gasteiger partial charge in [0.15, 0.2) is 5.82 Å². The van der Waals surface area contributed by atoms with Crippen LogP contribution in [0.25, 0.3) is 22.2 Å². The Labute approximate surface area is 162 Å². The summed E-state index contributed by atoms with van der Waals surface area (Å²) < 4.78 is 28.9. The number of aromatic nitrogens is 3. The van der Waals surface area contributed by atoms with E-state index >= 15 is 0 Å². The second-order valence-corrected chi connectivity index (χ2v) is 6.11. The summed E-state index contributed by atoms with van der Waals surface area (Å²) in [7, 11) is 0. The van der Waals surface area contributed by atoms with Crippen LogP contribution in [0.15, 0.2) is 55.1 Å². The lowest BCUT2D eigenvalue weighted by atomic mass is 10.00. The van der Waals surface area contributed by atoms with Crippen molar-refractivity contribution in [1.29, 1.82) is 0 Å². The first-order valence-electron chi connectivity index (χ1n) is 8.36. The fourth-order valence-electron chi connectivity index (χ4n) is 2.99. The number of hydrogen-bond acceptors (Lipinski definition) is 4. The molecule has 0 saturated carbocycles. The fraction of sp³-hybridized carbons (Fsp3) is 0. The number of halogens is 2. The van der Waals surface area contributed by atoms with Crippen molar-refractivity contribution in [2.45, 2.75) is 0 Å². The second-order valence-electron chi connectivity index (χ2n) is 6.11. The summed E-state index contributed by atoms with van der Waals surface area (Å²) in [5.41, 5.74) is 0.415. The van der Waals surface area contributed by atoms with Gasteiger partial charge in [0.05, 0.1) is 11.3 Å². The van der Waals surface area contributed by atoms with Gasteiger partial charge in [-0.1, -0.05) is 6.07 Å². The Morgan fingerprint density at radius 1 is 1.10 bits per heavy atom. The van der Waals surface area contributed by atoms with Crippen LogP contribution in [0.5, 0.6) is 0 Å². The highest BCUT2D eigenvalue weighted by atomic mass is 19.1. The molecule has 0 unspecified atom stereocenters. The average Bonchev–Trinajstić information content (AvgIpc) is 3.14. The molecule has 7 nitrogen and oxygen atoms in total. The first-order valence-corrected chi connectivity index (χ1v) is 8.36. The molecule has 1 amide bonds. The Kier molecular flexibility index (Phi) is 4.47. The molecule has 1 aromatic carbocycles. The van der Waals surface area contributed by atoms with Crippen molar-refractivity contribution < 1.29 is 23.5 Å². The van der Waals surface area contributed by atoms with Gasteiger partial charge >= 0.3 is 6.09 Å². The van der Waals surface area contributed by atoms with Gasteiger partial charge in [0.1, 0.15) is 11.5 Å². The van der Waals surface area contributed by atoms with E-state index in [1.165, 1.54) is 6.20 Å². The Hall–Kier alpha value is -4.14. The van der Waals surface area contributed by atoms with Crippen LogP contribution in [0.2, 0.25) is 0 Å². The number of fused-ring (bicyclic) bond motifs is 1. The van der Waals surface area contributed by atoms with Gasteiger partial charge in [0.2, 0.25) is 5.78 Å². The largest absolute Gasteiger partial charge is 0.465 e. The SMILES string of the molecule is O=C(O)Nc1ccc(F)c(C(=O)c2c[nH]c3ncc(-c4cccnc4)cc23)c1F. The first-order chi connectivity index (χ1) is 14.0. The summed E-state index contributed by atoms with van der Waals surface area (Å²) >= 11 is 0. The van der Waals surface area contributed by atoms with E-state index in [0.29, 0.717) is 16.6 Å². The maximum Gasteiger partial charge on any atom is 0.409 e. The zero-order valence-corrected chi connectivity index (χ0v) is 14.6. The standard InChI is InChI=1S/C20H12F2N4O3/c21-14-3-4-15(26-20(28)29)17(22)16(14)18(27)13-9-25-19-12(13)6-11(8-24-19)10-2-1-5-23-7-10/h1-9,26H,(H,24,25)(H,28,29). The van der Waals surface area contributed by atoms with Crippen LogP contribution >= 0.6 is 0 Å². The molecule has 0 aliphatic rings. The minimum Gasteiger partial charge on any atom is -0.465 e. The van der Waals surface area contributed by atoms with Crippen LogP contribution < -0.4 is 5.32 Å². The van der Waals surface area contributed by atoms with Crippen LogP contribution in [0.4, 0.5) is 19.3 Å². The van der Waals surface area contributed by atoms with E-state index in [1.807, 2.05) is 6.07 Å². The number of ketones is 1. The number of nitrogens with zero attached hydrogens (tertiary/aromatic N) is 2. The minimum absolute atomic E-state index is 0.00325. The molecule has 144 valence electrons. The number of anilines is 1. The maximum atomic E-state index is 14.7. The zero-order valence-electron chi connectivity index (χ0n) is 14.6. The minimum atomic E-state index is -1.54. The number of nitrogens with one attached hydrogen (secondary N) is 2. The van der Waals surface area contributed by atoms with E-state index < -0.39 is 34.8 Å². The third kappa shape index (κ3) is 3.29. The summed E-state index contributed by atoms with van der Waals surface area (Å²) in [4.78, 5) is 34.8. The van der Waals surface area contributed by atoms with Crippen molar-refractivity contribution in [1.82, 2.24) is 15.0 Å². The number of pyridine rings is 2. The number of benzene rings is 1. The van der Waals surface area contributed by atoms with E-state index in [0.717, 1.165) is 17.7 Å². The highest BCUT2D eigenvalue weighted by Crippen LogP contribution is 2.29. The lowest BCUT2D eigenvalue weighted by Gasteiger charge is -2.08. The van der Waals surface area contributed by atoms with E-state index in [-0.39, 0.29) is 5.56 Å². The summed E-state index contributed by atoms with van der Waals surface area (Å²) in [6.07, 6.45) is 4.60. The van der Waals surface area contributed by atoms with E-state index in [2.05, 4.69) is 15.0 Å². The normalized spacial score (nSPS) is 10.8. The number of hydrogen-bond donors (Lipinski definition) is 3. The maximum absolute atomic E-state index is 14.7. The molecule has 3 N–H and O–H groups in total. The Balaban J connectivity index is 1.83. The highest BCUT2D eigenvalue weighted by molar-refractivity contribution is 6.17. The van der Waals surface area contributed by atoms with Gasteiger partial charge in [-0.05, 0) is 24.3 Å². The topological polar surface area (TPSA) is 108 Å². The summed E-state index contributed by atoms with van der Waals surface area (Å²) in [6, 6.07) is 6.96. The molecular weight excluding hydrogens is 382 g/mol. The molecule has 3 aromatic heterocycles. The molecule has 3 heterocycles. The van der Waals surface area contributed by atoms with Gasteiger partial charge in [-0.3, -0.25) is 15.1 Å². The molecule has 0 atom stereocenters. The van der Waals surface area contributed by atoms with Gasteiger partial charge in [0, 0.05) is 46.9 Å². The van der Waals surface area contributed by atoms with Gasteiger partial charge in [-0.15, -0.1) is 0 Å². The molecule has 0 saturated heterocycles. The third-order valence-electron chi connectivity index (χ3n) is 4.33. The number of carbonyl (C=O) groups is 2. The van der Waals surface area contributed by atoms with Gasteiger partial charge < -0.3 is 10.1 Å². The molecule has 0 radical (unpaired) electrons. The number of rotatable bonds is 4. The Bertz CT molecular complexity index is 1260. The second kappa shape index (κ2) is 7.12. The van der Waals surface area contributed by atoms with Crippen LogP contribution in [0.3, 0.4) is 0 Å². The average molecular weight is 394 g/mol. The Morgan fingerprint density at radius 2 is 1.93 bits per heavy atom. The van der Waals surface area contributed by atoms with Crippen molar-refractivity contribution in [3.8, 4) is 11.1 Å². The van der Waals surface area contributed by atoms with Crippen molar-refractivity contribution in [3.05, 3.63) is 77.9 Å². The molecule has 29 heavy (non-hydrogen) atoms. The number of carbonyl (C=O) groups excluding carboxylic acids is 1. The number of amides is 1. The molecule has 0 bridgehead atoms. The molecule has 0 spiro atoms. The van der Waals surface area contributed by atoms with Crippen LogP contribution in [0, 0.1) is 11.6 Å². The summed E-state index contributed by atoms with van der Waals surface area (Å²) in [5, 5.41) is 11.0. The van der Waals surface area contributed by atoms with E-state index in [1.54, 1.807) is 36.0 Å². The number of H-pyrrole nitrogens is 1. The van der Waals surface area contributed by atoms with Crippen LogP contribution in [-0.4, -0.2) is 31.9 Å². The predicted octanol–water partition coefficient (Wildman–Crippen LogP) is 4.22.